The quantitative estimate of drug-likeness (QED) is 0.741. The Balaban J connectivity index is 1.96. The molecule has 0 aromatic carbocycles. The summed E-state index contributed by atoms with van der Waals surface area (Å²) in [6.07, 6.45) is 4.97. The van der Waals surface area contributed by atoms with Gasteiger partial charge in [-0.1, -0.05) is 11.6 Å². The zero-order valence-electron chi connectivity index (χ0n) is 10.2. The molecule has 0 radical (unpaired) electrons. The van der Waals surface area contributed by atoms with Crippen LogP contribution in [0.3, 0.4) is 0 Å². The molecule has 3 heterocycles. The first-order valence-electron chi connectivity index (χ1n) is 5.74. The first-order chi connectivity index (χ1) is 9.25. The number of aromatic nitrogens is 5. The summed E-state index contributed by atoms with van der Waals surface area (Å²) in [4.78, 5) is 12.2. The second-order valence-electron chi connectivity index (χ2n) is 4.06. The first kappa shape index (κ1) is 11.9. The minimum Gasteiger partial charge on any atom is -0.366 e. The van der Waals surface area contributed by atoms with E-state index in [1.54, 1.807) is 16.9 Å². The van der Waals surface area contributed by atoms with Crippen LogP contribution in [0.1, 0.15) is 11.1 Å². The summed E-state index contributed by atoms with van der Waals surface area (Å²) >= 11 is 6.09. The predicted octanol–water partition coefficient (Wildman–Crippen LogP) is 2.09. The number of nitrogens with zero attached hydrogens (tertiary/aromatic N) is 5. The standard InChI is InChI=1S/C12H11ClN6/c1-8-10(13)18-12-16-7-17-19(12)11(8)15-6-9-2-4-14-5-3-9/h2-5,7,15H,6H2,1H3. The third-order valence-corrected chi connectivity index (χ3v) is 3.18. The average molecular weight is 275 g/mol. The molecule has 0 atom stereocenters. The minimum absolute atomic E-state index is 0.428. The maximum absolute atomic E-state index is 6.09. The zero-order valence-corrected chi connectivity index (χ0v) is 11.0. The molecule has 1 N–H and O–H groups in total. The van der Waals surface area contributed by atoms with Crippen LogP contribution in [0.2, 0.25) is 5.15 Å². The van der Waals surface area contributed by atoms with Gasteiger partial charge >= 0.3 is 0 Å². The van der Waals surface area contributed by atoms with Crippen LogP contribution in [0.25, 0.3) is 5.78 Å². The lowest BCUT2D eigenvalue weighted by molar-refractivity contribution is 0.914. The van der Waals surface area contributed by atoms with Crippen molar-refractivity contribution in [1.82, 2.24) is 24.6 Å². The number of hydrogen-bond donors (Lipinski definition) is 1. The fourth-order valence-electron chi connectivity index (χ4n) is 1.79. The molecule has 0 saturated carbocycles. The van der Waals surface area contributed by atoms with Crippen molar-refractivity contribution in [2.24, 2.45) is 0 Å². The Morgan fingerprint density at radius 2 is 2.11 bits per heavy atom. The third kappa shape index (κ3) is 2.22. The molecule has 96 valence electrons. The van der Waals surface area contributed by atoms with Crippen molar-refractivity contribution in [2.75, 3.05) is 5.32 Å². The van der Waals surface area contributed by atoms with Crippen LogP contribution in [0.15, 0.2) is 30.9 Å². The van der Waals surface area contributed by atoms with Crippen LogP contribution >= 0.6 is 11.6 Å². The van der Waals surface area contributed by atoms with E-state index in [2.05, 4.69) is 25.4 Å². The average Bonchev–Trinajstić information content (AvgIpc) is 2.88. The summed E-state index contributed by atoms with van der Waals surface area (Å²) in [7, 11) is 0. The Bertz CT molecular complexity index is 709. The molecule has 0 amide bonds. The molecule has 3 rings (SSSR count). The van der Waals surface area contributed by atoms with Gasteiger partial charge in [0.05, 0.1) is 0 Å². The van der Waals surface area contributed by atoms with Crippen LogP contribution in [-0.2, 0) is 6.54 Å². The number of halogens is 1. The normalized spacial score (nSPS) is 10.8. The highest BCUT2D eigenvalue weighted by Crippen LogP contribution is 2.22. The Labute approximate surface area is 114 Å². The van der Waals surface area contributed by atoms with Crippen molar-refractivity contribution in [3.8, 4) is 0 Å². The molecule has 0 aliphatic rings. The van der Waals surface area contributed by atoms with Gasteiger partial charge in [-0.2, -0.15) is 19.6 Å². The van der Waals surface area contributed by atoms with Gasteiger partial charge in [0.2, 0.25) is 0 Å². The molecule has 7 heteroatoms. The van der Waals surface area contributed by atoms with Gasteiger partial charge in [0.25, 0.3) is 5.78 Å². The number of fused-ring (bicyclic) bond motifs is 1. The van der Waals surface area contributed by atoms with E-state index in [0.717, 1.165) is 16.9 Å². The zero-order chi connectivity index (χ0) is 13.2. The molecule has 0 fully saturated rings. The van der Waals surface area contributed by atoms with Gasteiger partial charge in [0.1, 0.15) is 17.3 Å². The number of rotatable bonds is 3. The molecule has 0 spiro atoms. The molecule has 0 aliphatic heterocycles. The Morgan fingerprint density at radius 1 is 1.32 bits per heavy atom. The summed E-state index contributed by atoms with van der Waals surface area (Å²) in [6.45, 7) is 2.55. The van der Waals surface area contributed by atoms with Crippen LogP contribution in [-0.4, -0.2) is 24.6 Å². The summed E-state index contributed by atoms with van der Waals surface area (Å²) < 4.78 is 1.64. The van der Waals surface area contributed by atoms with Crippen LogP contribution in [0.4, 0.5) is 5.82 Å². The first-order valence-corrected chi connectivity index (χ1v) is 6.12. The van der Waals surface area contributed by atoms with Gasteiger partial charge in [-0.3, -0.25) is 4.98 Å². The van der Waals surface area contributed by atoms with Gasteiger partial charge in [0, 0.05) is 24.5 Å². The third-order valence-electron chi connectivity index (χ3n) is 2.81. The Morgan fingerprint density at radius 3 is 2.89 bits per heavy atom. The molecule has 0 aliphatic carbocycles. The van der Waals surface area contributed by atoms with E-state index in [1.165, 1.54) is 6.33 Å². The van der Waals surface area contributed by atoms with Crippen molar-refractivity contribution >= 4 is 23.2 Å². The predicted molar refractivity (Wildman–Crippen MR) is 72.1 cm³/mol. The molecule has 3 aromatic heterocycles. The smallest absolute Gasteiger partial charge is 0.255 e. The SMILES string of the molecule is Cc1c(Cl)nc2ncnn2c1NCc1ccncc1. The number of hydrogen-bond acceptors (Lipinski definition) is 5. The molecule has 0 unspecified atom stereocenters. The van der Waals surface area contributed by atoms with E-state index < -0.39 is 0 Å². The largest absolute Gasteiger partial charge is 0.366 e. The van der Waals surface area contributed by atoms with E-state index in [0.29, 0.717) is 17.5 Å². The van der Waals surface area contributed by atoms with E-state index in [1.807, 2.05) is 19.1 Å². The van der Waals surface area contributed by atoms with Crippen molar-refractivity contribution in [3.63, 3.8) is 0 Å². The molecule has 0 saturated heterocycles. The van der Waals surface area contributed by atoms with E-state index in [9.17, 15) is 0 Å². The summed E-state index contributed by atoms with van der Waals surface area (Å²) in [5, 5.41) is 7.88. The molecular formula is C12H11ClN6. The van der Waals surface area contributed by atoms with Crippen molar-refractivity contribution in [1.29, 1.82) is 0 Å². The maximum Gasteiger partial charge on any atom is 0.255 e. The highest BCUT2D eigenvalue weighted by atomic mass is 35.5. The minimum atomic E-state index is 0.428. The molecular weight excluding hydrogens is 264 g/mol. The summed E-state index contributed by atoms with van der Waals surface area (Å²) in [5.74, 6) is 1.28. The molecule has 6 nitrogen and oxygen atoms in total. The number of nitrogens with one attached hydrogen (secondary N) is 1. The lowest BCUT2D eigenvalue weighted by Crippen LogP contribution is -2.08. The van der Waals surface area contributed by atoms with Gasteiger partial charge in [-0.05, 0) is 24.6 Å². The van der Waals surface area contributed by atoms with E-state index in [4.69, 9.17) is 11.6 Å². The fourth-order valence-corrected chi connectivity index (χ4v) is 1.96. The topological polar surface area (TPSA) is 68.0 Å². The van der Waals surface area contributed by atoms with Gasteiger partial charge < -0.3 is 5.32 Å². The fraction of sp³-hybridized carbons (Fsp3) is 0.167. The second kappa shape index (κ2) is 4.81. The van der Waals surface area contributed by atoms with Crippen molar-refractivity contribution < 1.29 is 0 Å². The molecule has 3 aromatic rings. The highest BCUT2D eigenvalue weighted by Gasteiger charge is 2.11. The monoisotopic (exact) mass is 274 g/mol. The van der Waals surface area contributed by atoms with Gasteiger partial charge in [-0.25, -0.2) is 0 Å². The van der Waals surface area contributed by atoms with E-state index in [-0.39, 0.29) is 0 Å². The molecule has 0 bridgehead atoms. The van der Waals surface area contributed by atoms with Gasteiger partial charge in [0.15, 0.2) is 0 Å². The second-order valence-corrected chi connectivity index (χ2v) is 4.42. The van der Waals surface area contributed by atoms with Gasteiger partial charge in [-0.15, -0.1) is 0 Å². The van der Waals surface area contributed by atoms with Crippen LogP contribution < -0.4 is 5.32 Å². The lowest BCUT2D eigenvalue weighted by atomic mass is 10.2. The van der Waals surface area contributed by atoms with Crippen LogP contribution in [0, 0.1) is 6.92 Å². The summed E-state index contributed by atoms with van der Waals surface area (Å²) in [5.41, 5.74) is 1.96. The molecule has 19 heavy (non-hydrogen) atoms. The summed E-state index contributed by atoms with van der Waals surface area (Å²) in [6, 6.07) is 3.90. The lowest BCUT2D eigenvalue weighted by Gasteiger charge is -2.11. The Kier molecular flexibility index (Phi) is 3.00. The number of pyridine rings is 1. The maximum atomic E-state index is 6.09. The van der Waals surface area contributed by atoms with Crippen molar-refractivity contribution in [3.05, 3.63) is 47.1 Å². The Hall–Kier alpha value is -2.21. The van der Waals surface area contributed by atoms with E-state index >= 15 is 0 Å². The number of anilines is 1. The highest BCUT2D eigenvalue weighted by molar-refractivity contribution is 6.30. The van der Waals surface area contributed by atoms with Crippen molar-refractivity contribution in [2.45, 2.75) is 13.5 Å². The van der Waals surface area contributed by atoms with Crippen LogP contribution in [0.5, 0.6) is 0 Å².